The van der Waals surface area contributed by atoms with Crippen molar-refractivity contribution >= 4 is 5.96 Å². The molecule has 0 bridgehead atoms. The van der Waals surface area contributed by atoms with E-state index < -0.39 is 12.7 Å². The molecule has 25 heavy (non-hydrogen) atoms. The van der Waals surface area contributed by atoms with Gasteiger partial charge in [-0.25, -0.2) is 0 Å². The average Bonchev–Trinajstić information content (AvgIpc) is 3.16. The SMILES string of the molecule is CN=C(NCC1CCCN1CCOC)NC1CCN(CC(F)(F)F)C1. The second-order valence-electron chi connectivity index (χ2n) is 6.76. The second kappa shape index (κ2) is 9.59. The number of likely N-dealkylation sites (tertiary alicyclic amines) is 2. The van der Waals surface area contributed by atoms with Crippen LogP contribution < -0.4 is 10.6 Å². The number of nitrogens with zero attached hydrogens (tertiary/aromatic N) is 3. The van der Waals surface area contributed by atoms with Crippen molar-refractivity contribution in [3.05, 3.63) is 0 Å². The van der Waals surface area contributed by atoms with Gasteiger partial charge >= 0.3 is 6.18 Å². The number of halogens is 3. The molecular weight excluding hydrogens is 335 g/mol. The normalized spacial score (nSPS) is 26.4. The van der Waals surface area contributed by atoms with Gasteiger partial charge in [-0.05, 0) is 25.8 Å². The van der Waals surface area contributed by atoms with E-state index >= 15 is 0 Å². The monoisotopic (exact) mass is 365 g/mol. The molecule has 0 aliphatic carbocycles. The molecule has 146 valence electrons. The quantitative estimate of drug-likeness (QED) is 0.519. The van der Waals surface area contributed by atoms with E-state index in [0.717, 1.165) is 32.7 Å². The van der Waals surface area contributed by atoms with E-state index in [-0.39, 0.29) is 6.04 Å². The minimum atomic E-state index is -4.14. The summed E-state index contributed by atoms with van der Waals surface area (Å²) in [6.45, 7) is 3.52. The summed E-state index contributed by atoms with van der Waals surface area (Å²) in [7, 11) is 3.40. The van der Waals surface area contributed by atoms with Gasteiger partial charge in [-0.15, -0.1) is 0 Å². The van der Waals surface area contributed by atoms with Crippen LogP contribution >= 0.6 is 0 Å². The Bertz CT molecular complexity index is 432. The van der Waals surface area contributed by atoms with Crippen molar-refractivity contribution in [2.24, 2.45) is 4.99 Å². The molecule has 0 radical (unpaired) electrons. The summed E-state index contributed by atoms with van der Waals surface area (Å²) in [5, 5.41) is 6.57. The fourth-order valence-electron chi connectivity index (χ4n) is 3.58. The Kier molecular flexibility index (Phi) is 7.77. The largest absolute Gasteiger partial charge is 0.401 e. The highest BCUT2D eigenvalue weighted by Gasteiger charge is 2.34. The summed E-state index contributed by atoms with van der Waals surface area (Å²) in [5.74, 6) is 0.664. The molecular formula is C16H30F3N5O. The van der Waals surface area contributed by atoms with Gasteiger partial charge in [0.05, 0.1) is 13.2 Å². The Morgan fingerprint density at radius 3 is 2.76 bits per heavy atom. The molecule has 2 N–H and O–H groups in total. The summed E-state index contributed by atoms with van der Waals surface area (Å²) in [6.07, 6.45) is -1.13. The lowest BCUT2D eigenvalue weighted by molar-refractivity contribution is -0.143. The molecule has 2 rings (SSSR count). The minimum absolute atomic E-state index is 0.00159. The lowest BCUT2D eigenvalue weighted by Crippen LogP contribution is -2.49. The Labute approximate surface area is 147 Å². The van der Waals surface area contributed by atoms with Crippen LogP contribution in [0.2, 0.25) is 0 Å². The molecule has 0 aromatic rings. The van der Waals surface area contributed by atoms with Crippen LogP contribution in [0.1, 0.15) is 19.3 Å². The first-order chi connectivity index (χ1) is 11.9. The number of ether oxygens (including phenoxy) is 1. The van der Waals surface area contributed by atoms with Crippen LogP contribution in [-0.4, -0.2) is 94.1 Å². The number of hydrogen-bond donors (Lipinski definition) is 2. The van der Waals surface area contributed by atoms with E-state index in [1.54, 1.807) is 14.2 Å². The predicted octanol–water partition coefficient (Wildman–Crippen LogP) is 0.899. The molecule has 0 saturated carbocycles. The Hall–Kier alpha value is -1.06. The maximum atomic E-state index is 12.5. The standard InChI is InChI=1S/C16H30F3N5O/c1-20-15(21-10-14-4-3-6-24(14)8-9-25-2)22-13-5-7-23(11-13)12-16(17,18)19/h13-14H,3-12H2,1-2H3,(H2,20,21,22). The number of methoxy groups -OCH3 is 1. The van der Waals surface area contributed by atoms with Crippen molar-refractivity contribution in [2.45, 2.75) is 37.5 Å². The molecule has 6 nitrogen and oxygen atoms in total. The number of hydrogen-bond acceptors (Lipinski definition) is 4. The van der Waals surface area contributed by atoms with Crippen LogP contribution in [0.4, 0.5) is 13.2 Å². The second-order valence-corrected chi connectivity index (χ2v) is 6.76. The van der Waals surface area contributed by atoms with Crippen molar-refractivity contribution in [1.82, 2.24) is 20.4 Å². The number of alkyl halides is 3. The van der Waals surface area contributed by atoms with Gasteiger partial charge < -0.3 is 15.4 Å². The van der Waals surface area contributed by atoms with Crippen molar-refractivity contribution in [1.29, 1.82) is 0 Å². The predicted molar refractivity (Wildman–Crippen MR) is 91.9 cm³/mol. The van der Waals surface area contributed by atoms with Gasteiger partial charge in [0.25, 0.3) is 0 Å². The van der Waals surface area contributed by atoms with Gasteiger partial charge in [0.1, 0.15) is 0 Å². The third-order valence-electron chi connectivity index (χ3n) is 4.83. The molecule has 2 aliphatic rings. The molecule has 0 aromatic heterocycles. The van der Waals surface area contributed by atoms with Crippen LogP contribution in [0.25, 0.3) is 0 Å². The summed E-state index contributed by atoms with van der Waals surface area (Å²) in [4.78, 5) is 8.06. The fourth-order valence-corrected chi connectivity index (χ4v) is 3.58. The molecule has 2 saturated heterocycles. The topological polar surface area (TPSA) is 52.1 Å². The average molecular weight is 365 g/mol. The maximum Gasteiger partial charge on any atom is 0.401 e. The molecule has 2 atom stereocenters. The maximum absolute atomic E-state index is 12.5. The van der Waals surface area contributed by atoms with E-state index in [0.29, 0.717) is 31.5 Å². The van der Waals surface area contributed by atoms with Crippen molar-refractivity contribution < 1.29 is 17.9 Å². The van der Waals surface area contributed by atoms with E-state index in [1.165, 1.54) is 11.3 Å². The van der Waals surface area contributed by atoms with Crippen LogP contribution in [0.5, 0.6) is 0 Å². The summed E-state index contributed by atoms with van der Waals surface area (Å²) in [5.41, 5.74) is 0. The van der Waals surface area contributed by atoms with E-state index in [9.17, 15) is 13.2 Å². The molecule has 0 aromatic carbocycles. The highest BCUT2D eigenvalue weighted by molar-refractivity contribution is 5.80. The van der Waals surface area contributed by atoms with Gasteiger partial charge in [0, 0.05) is 52.4 Å². The van der Waals surface area contributed by atoms with Gasteiger partial charge in [0.15, 0.2) is 5.96 Å². The van der Waals surface area contributed by atoms with Crippen LogP contribution in [-0.2, 0) is 4.74 Å². The summed E-state index contributed by atoms with van der Waals surface area (Å²) >= 11 is 0. The van der Waals surface area contributed by atoms with Crippen molar-refractivity contribution in [3.8, 4) is 0 Å². The first-order valence-corrected chi connectivity index (χ1v) is 8.90. The molecule has 2 unspecified atom stereocenters. The minimum Gasteiger partial charge on any atom is -0.383 e. The third-order valence-corrected chi connectivity index (χ3v) is 4.83. The Balaban J connectivity index is 1.72. The van der Waals surface area contributed by atoms with E-state index in [1.807, 2.05) is 0 Å². The molecule has 2 fully saturated rings. The number of nitrogens with one attached hydrogen (secondary N) is 2. The number of rotatable bonds is 7. The van der Waals surface area contributed by atoms with E-state index in [4.69, 9.17) is 4.74 Å². The fraction of sp³-hybridized carbons (Fsp3) is 0.938. The number of aliphatic imine (C=N–C) groups is 1. The highest BCUT2D eigenvalue weighted by Crippen LogP contribution is 2.20. The lowest BCUT2D eigenvalue weighted by atomic mass is 10.2. The van der Waals surface area contributed by atoms with Gasteiger partial charge in [-0.1, -0.05) is 0 Å². The smallest absolute Gasteiger partial charge is 0.383 e. The zero-order valence-electron chi connectivity index (χ0n) is 15.1. The van der Waals surface area contributed by atoms with Gasteiger partial charge in [-0.2, -0.15) is 13.2 Å². The Morgan fingerprint density at radius 1 is 1.28 bits per heavy atom. The molecule has 0 amide bonds. The number of guanidine groups is 1. The summed E-state index contributed by atoms with van der Waals surface area (Å²) < 4.78 is 42.6. The third kappa shape index (κ3) is 6.99. The van der Waals surface area contributed by atoms with Crippen LogP contribution in [0.15, 0.2) is 4.99 Å². The molecule has 2 heterocycles. The van der Waals surface area contributed by atoms with E-state index in [2.05, 4.69) is 20.5 Å². The molecule has 0 spiro atoms. The van der Waals surface area contributed by atoms with Crippen molar-refractivity contribution in [2.75, 3.05) is 60.0 Å². The van der Waals surface area contributed by atoms with Crippen LogP contribution in [0, 0.1) is 0 Å². The lowest BCUT2D eigenvalue weighted by Gasteiger charge is -2.26. The zero-order valence-corrected chi connectivity index (χ0v) is 15.1. The van der Waals surface area contributed by atoms with Crippen molar-refractivity contribution in [3.63, 3.8) is 0 Å². The van der Waals surface area contributed by atoms with Gasteiger partial charge in [0.2, 0.25) is 0 Å². The Morgan fingerprint density at radius 2 is 2.08 bits per heavy atom. The zero-order chi connectivity index (χ0) is 18.3. The molecule has 9 heteroatoms. The molecule has 2 aliphatic heterocycles. The first-order valence-electron chi connectivity index (χ1n) is 8.90. The summed E-state index contributed by atoms with van der Waals surface area (Å²) in [6, 6.07) is 0.445. The van der Waals surface area contributed by atoms with Gasteiger partial charge in [-0.3, -0.25) is 14.8 Å². The van der Waals surface area contributed by atoms with Crippen LogP contribution in [0.3, 0.4) is 0 Å². The first kappa shape index (κ1) is 20.3. The highest BCUT2D eigenvalue weighted by atomic mass is 19.4.